The van der Waals surface area contributed by atoms with Crippen molar-refractivity contribution in [3.05, 3.63) is 41.3 Å². The minimum absolute atomic E-state index is 0.216. The maximum atomic E-state index is 12.1. The van der Waals surface area contributed by atoms with E-state index >= 15 is 0 Å². The lowest BCUT2D eigenvalue weighted by Crippen LogP contribution is -2.24. The van der Waals surface area contributed by atoms with Crippen LogP contribution >= 0.6 is 11.3 Å². The molecule has 0 radical (unpaired) electrons. The highest BCUT2D eigenvalue weighted by Gasteiger charge is 2.21. The summed E-state index contributed by atoms with van der Waals surface area (Å²) in [6.07, 6.45) is 0. The van der Waals surface area contributed by atoms with Gasteiger partial charge in [0.05, 0.1) is 14.2 Å². The Morgan fingerprint density at radius 1 is 1.21 bits per heavy atom. The number of hydroxylamine groups is 2. The molecule has 0 atom stereocenters. The molecule has 100 valence electrons. The molecule has 4 nitrogen and oxygen atoms in total. The highest BCUT2D eigenvalue weighted by Crippen LogP contribution is 2.36. The number of nitrogens with zero attached hydrogens (tertiary/aromatic N) is 1. The molecule has 0 unspecified atom stereocenters. The van der Waals surface area contributed by atoms with E-state index in [0.717, 1.165) is 10.4 Å². The summed E-state index contributed by atoms with van der Waals surface area (Å²) in [6.45, 7) is 0. The van der Waals surface area contributed by atoms with Crippen molar-refractivity contribution in [3.8, 4) is 16.2 Å². The van der Waals surface area contributed by atoms with Gasteiger partial charge >= 0.3 is 0 Å². The molecule has 1 amide bonds. The Hall–Kier alpha value is -1.85. The van der Waals surface area contributed by atoms with E-state index in [4.69, 9.17) is 9.57 Å². The molecule has 1 aromatic carbocycles. The van der Waals surface area contributed by atoms with Crippen LogP contribution in [0.5, 0.6) is 5.75 Å². The van der Waals surface area contributed by atoms with Crippen molar-refractivity contribution < 1.29 is 14.4 Å². The summed E-state index contributed by atoms with van der Waals surface area (Å²) in [6, 6.07) is 11.8. The predicted molar refractivity (Wildman–Crippen MR) is 75.4 cm³/mol. The lowest BCUT2D eigenvalue weighted by molar-refractivity contribution is -0.0755. The number of methoxy groups -OCH3 is 1. The number of rotatable bonds is 4. The second kappa shape index (κ2) is 5.86. The normalized spacial score (nSPS) is 10.3. The maximum absolute atomic E-state index is 12.1. The van der Waals surface area contributed by atoms with E-state index in [1.54, 1.807) is 14.2 Å². The fourth-order valence-corrected chi connectivity index (χ4v) is 2.74. The van der Waals surface area contributed by atoms with E-state index in [-0.39, 0.29) is 5.91 Å². The van der Waals surface area contributed by atoms with Crippen LogP contribution in [0.1, 0.15) is 9.67 Å². The van der Waals surface area contributed by atoms with Gasteiger partial charge in [0.15, 0.2) is 0 Å². The summed E-state index contributed by atoms with van der Waals surface area (Å²) >= 11 is 1.39. The number of carbonyl (C=O) groups excluding carboxylic acids is 1. The molecule has 0 aliphatic carbocycles. The minimum Gasteiger partial charge on any atom is -0.495 e. The zero-order valence-electron chi connectivity index (χ0n) is 11.0. The average Bonchev–Trinajstić information content (AvgIpc) is 2.90. The van der Waals surface area contributed by atoms with Crippen LogP contribution in [0, 0.1) is 0 Å². The highest BCUT2D eigenvalue weighted by molar-refractivity contribution is 7.17. The van der Waals surface area contributed by atoms with Crippen LogP contribution in [0.25, 0.3) is 10.4 Å². The van der Waals surface area contributed by atoms with Gasteiger partial charge in [0.25, 0.3) is 5.91 Å². The van der Waals surface area contributed by atoms with Crippen LogP contribution in [0.2, 0.25) is 0 Å². The summed E-state index contributed by atoms with van der Waals surface area (Å²) in [5.41, 5.74) is 1.06. The van der Waals surface area contributed by atoms with Crippen molar-refractivity contribution in [1.82, 2.24) is 5.06 Å². The summed E-state index contributed by atoms with van der Waals surface area (Å²) < 4.78 is 5.27. The quantitative estimate of drug-likeness (QED) is 0.806. The molecule has 0 saturated heterocycles. The number of amides is 1. The number of hydrogen-bond donors (Lipinski definition) is 0. The lowest BCUT2D eigenvalue weighted by Gasteiger charge is -2.12. The van der Waals surface area contributed by atoms with Crippen LogP contribution in [0.3, 0.4) is 0 Å². The molecular weight excluding hydrogens is 262 g/mol. The van der Waals surface area contributed by atoms with Gasteiger partial charge in [-0.1, -0.05) is 30.3 Å². The fourth-order valence-electron chi connectivity index (χ4n) is 1.65. The Balaban J connectivity index is 2.41. The number of benzene rings is 1. The van der Waals surface area contributed by atoms with Crippen molar-refractivity contribution in [2.45, 2.75) is 0 Å². The third kappa shape index (κ3) is 2.77. The van der Waals surface area contributed by atoms with Crippen LogP contribution in [0.4, 0.5) is 0 Å². The molecule has 1 heterocycles. The highest BCUT2D eigenvalue weighted by atomic mass is 32.1. The van der Waals surface area contributed by atoms with Gasteiger partial charge in [-0.3, -0.25) is 9.63 Å². The van der Waals surface area contributed by atoms with E-state index in [1.807, 2.05) is 36.4 Å². The van der Waals surface area contributed by atoms with Gasteiger partial charge in [0, 0.05) is 11.9 Å². The van der Waals surface area contributed by atoms with Gasteiger partial charge < -0.3 is 4.74 Å². The number of ether oxygens (including phenoxy) is 1. The summed E-state index contributed by atoms with van der Waals surface area (Å²) in [5, 5.41) is 1.18. The summed E-state index contributed by atoms with van der Waals surface area (Å²) in [4.78, 5) is 18.6. The number of carbonyl (C=O) groups is 1. The van der Waals surface area contributed by atoms with E-state index in [9.17, 15) is 4.79 Å². The first-order valence-corrected chi connectivity index (χ1v) is 6.54. The Labute approximate surface area is 116 Å². The molecule has 5 heteroatoms. The van der Waals surface area contributed by atoms with Crippen molar-refractivity contribution >= 4 is 17.2 Å². The average molecular weight is 277 g/mol. The molecule has 0 N–H and O–H groups in total. The second-order valence-corrected chi connectivity index (χ2v) is 4.91. The molecule has 0 bridgehead atoms. The molecular formula is C14H15NO3S. The van der Waals surface area contributed by atoms with Gasteiger partial charge in [0.1, 0.15) is 10.6 Å². The largest absolute Gasteiger partial charge is 0.495 e. The SMILES string of the molecule is COc1cc(-c2ccccc2)sc1C(=O)N(C)OC. The predicted octanol–water partition coefficient (Wildman–Crippen LogP) is 3.06. The first kappa shape index (κ1) is 13.6. The molecule has 2 aromatic rings. The topological polar surface area (TPSA) is 38.8 Å². The van der Waals surface area contributed by atoms with Gasteiger partial charge in [-0.2, -0.15) is 0 Å². The van der Waals surface area contributed by atoms with Crippen LogP contribution in [-0.4, -0.2) is 32.2 Å². The van der Waals surface area contributed by atoms with Crippen LogP contribution < -0.4 is 4.74 Å². The van der Waals surface area contributed by atoms with Crippen LogP contribution in [0.15, 0.2) is 36.4 Å². The molecule has 0 fully saturated rings. The van der Waals surface area contributed by atoms with E-state index < -0.39 is 0 Å². The van der Waals surface area contributed by atoms with Gasteiger partial charge in [-0.05, 0) is 11.6 Å². The maximum Gasteiger partial charge on any atom is 0.291 e. The molecule has 0 aliphatic heterocycles. The van der Waals surface area contributed by atoms with Crippen molar-refractivity contribution in [2.24, 2.45) is 0 Å². The summed E-state index contributed by atoms with van der Waals surface area (Å²) in [7, 11) is 4.58. The monoisotopic (exact) mass is 277 g/mol. The van der Waals surface area contributed by atoms with Gasteiger partial charge in [0.2, 0.25) is 0 Å². The fraction of sp³-hybridized carbons (Fsp3) is 0.214. The first-order valence-electron chi connectivity index (χ1n) is 5.72. The van der Waals surface area contributed by atoms with Gasteiger partial charge in [-0.25, -0.2) is 5.06 Å². The van der Waals surface area contributed by atoms with Crippen molar-refractivity contribution in [1.29, 1.82) is 0 Å². The third-order valence-electron chi connectivity index (χ3n) is 2.73. The van der Waals surface area contributed by atoms with E-state index in [0.29, 0.717) is 10.6 Å². The van der Waals surface area contributed by atoms with E-state index in [1.165, 1.54) is 23.5 Å². The van der Waals surface area contributed by atoms with Crippen molar-refractivity contribution in [3.63, 3.8) is 0 Å². The molecule has 0 saturated carbocycles. The Morgan fingerprint density at radius 2 is 1.89 bits per heavy atom. The number of thiophene rings is 1. The van der Waals surface area contributed by atoms with Gasteiger partial charge in [-0.15, -0.1) is 11.3 Å². The Kier molecular flexibility index (Phi) is 4.19. The Bertz CT molecular complexity index is 565. The zero-order valence-corrected chi connectivity index (χ0v) is 11.9. The van der Waals surface area contributed by atoms with Crippen molar-refractivity contribution in [2.75, 3.05) is 21.3 Å². The Morgan fingerprint density at radius 3 is 2.47 bits per heavy atom. The molecule has 1 aromatic heterocycles. The zero-order chi connectivity index (χ0) is 13.8. The summed E-state index contributed by atoms with van der Waals surface area (Å²) in [5.74, 6) is 0.351. The van der Waals surface area contributed by atoms with E-state index in [2.05, 4.69) is 0 Å². The molecule has 0 aliphatic rings. The molecule has 19 heavy (non-hydrogen) atoms. The standard InChI is InChI=1S/C14H15NO3S/c1-15(18-3)14(16)13-11(17-2)9-12(19-13)10-7-5-4-6-8-10/h4-9H,1-3H3. The number of hydrogen-bond acceptors (Lipinski definition) is 4. The lowest BCUT2D eigenvalue weighted by atomic mass is 10.2. The second-order valence-electron chi connectivity index (χ2n) is 3.86. The third-order valence-corrected chi connectivity index (χ3v) is 3.88. The van der Waals surface area contributed by atoms with Crippen LogP contribution in [-0.2, 0) is 4.84 Å². The smallest absolute Gasteiger partial charge is 0.291 e. The first-order chi connectivity index (χ1) is 9.17. The molecule has 0 spiro atoms. The molecule has 2 rings (SSSR count). The minimum atomic E-state index is -0.216.